The summed E-state index contributed by atoms with van der Waals surface area (Å²) in [7, 11) is 0. The first-order chi connectivity index (χ1) is 8.79. The Morgan fingerprint density at radius 3 is 2.47 bits per heavy atom. The van der Waals surface area contributed by atoms with Crippen molar-refractivity contribution in [3.8, 4) is 0 Å². The molecule has 0 aromatic heterocycles. The number of carbonyl (C=O) groups is 1. The molecule has 0 spiro atoms. The van der Waals surface area contributed by atoms with E-state index in [0.717, 1.165) is 12.1 Å². The quantitative estimate of drug-likeness (QED) is 0.681. The molecule has 0 saturated carbocycles. The Morgan fingerprint density at radius 2 is 1.95 bits per heavy atom. The predicted octanol–water partition coefficient (Wildman–Crippen LogP) is 2.64. The minimum Gasteiger partial charge on any atom is -0.464 e. The van der Waals surface area contributed by atoms with Gasteiger partial charge in [-0.05, 0) is 18.6 Å². The second kappa shape index (κ2) is 6.01. The molecule has 0 radical (unpaired) electrons. The molecule has 0 aliphatic heterocycles. The number of hydrogen-bond acceptors (Lipinski definition) is 3. The van der Waals surface area contributed by atoms with E-state index >= 15 is 0 Å². The first-order valence-corrected chi connectivity index (χ1v) is 5.44. The van der Waals surface area contributed by atoms with Crippen LogP contribution in [0.4, 0.5) is 17.6 Å². The van der Waals surface area contributed by atoms with E-state index < -0.39 is 35.5 Å². The summed E-state index contributed by atoms with van der Waals surface area (Å²) in [6, 6.07) is 3.94. The standard InChI is InChI=1S/C12H12F4O3/c1-2-19-11(18)9(13)10(17)7-5-3-4-6-8(7)12(14,15)16/h3-6,9-10,17H,2H2,1H3. The Kier molecular flexibility index (Phi) is 4.88. The van der Waals surface area contributed by atoms with Crippen molar-refractivity contribution in [2.75, 3.05) is 6.61 Å². The van der Waals surface area contributed by atoms with Crippen molar-refractivity contribution in [2.24, 2.45) is 0 Å². The summed E-state index contributed by atoms with van der Waals surface area (Å²) >= 11 is 0. The van der Waals surface area contributed by atoms with Crippen LogP contribution in [0.15, 0.2) is 24.3 Å². The Labute approximate surface area is 106 Å². The highest BCUT2D eigenvalue weighted by Crippen LogP contribution is 2.35. The van der Waals surface area contributed by atoms with Gasteiger partial charge < -0.3 is 9.84 Å². The number of halogens is 4. The minimum atomic E-state index is -4.74. The molecule has 7 heteroatoms. The molecule has 1 N–H and O–H groups in total. The molecule has 1 aromatic rings. The number of benzene rings is 1. The molecule has 1 rings (SSSR count). The van der Waals surface area contributed by atoms with Gasteiger partial charge in [0.25, 0.3) is 0 Å². The Morgan fingerprint density at radius 1 is 1.37 bits per heavy atom. The van der Waals surface area contributed by atoms with Crippen LogP contribution >= 0.6 is 0 Å². The summed E-state index contributed by atoms with van der Waals surface area (Å²) in [6.45, 7) is 1.29. The highest BCUT2D eigenvalue weighted by Gasteiger charge is 2.38. The van der Waals surface area contributed by atoms with E-state index in [1.165, 1.54) is 13.0 Å². The third kappa shape index (κ3) is 3.66. The monoisotopic (exact) mass is 280 g/mol. The van der Waals surface area contributed by atoms with Crippen LogP contribution in [0.3, 0.4) is 0 Å². The van der Waals surface area contributed by atoms with Gasteiger partial charge in [-0.3, -0.25) is 0 Å². The third-order valence-corrected chi connectivity index (χ3v) is 2.37. The normalized spacial score (nSPS) is 14.8. The van der Waals surface area contributed by atoms with E-state index in [-0.39, 0.29) is 6.61 Å². The minimum absolute atomic E-state index is 0.132. The smallest absolute Gasteiger partial charge is 0.416 e. The first-order valence-electron chi connectivity index (χ1n) is 5.44. The molecule has 3 nitrogen and oxygen atoms in total. The summed E-state index contributed by atoms with van der Waals surface area (Å²) < 4.78 is 55.9. The van der Waals surface area contributed by atoms with E-state index in [0.29, 0.717) is 6.07 Å². The van der Waals surface area contributed by atoms with Crippen LogP contribution in [0.25, 0.3) is 0 Å². The second-order valence-electron chi connectivity index (χ2n) is 3.68. The molecular weight excluding hydrogens is 268 g/mol. The van der Waals surface area contributed by atoms with Gasteiger partial charge in [-0.2, -0.15) is 13.2 Å². The van der Waals surface area contributed by atoms with E-state index in [1.807, 2.05) is 0 Å². The number of esters is 1. The second-order valence-corrected chi connectivity index (χ2v) is 3.68. The van der Waals surface area contributed by atoms with Crippen LogP contribution in [0, 0.1) is 0 Å². The van der Waals surface area contributed by atoms with Crippen LogP contribution in [0.2, 0.25) is 0 Å². The molecule has 19 heavy (non-hydrogen) atoms. The highest BCUT2D eigenvalue weighted by molar-refractivity contribution is 5.75. The number of ether oxygens (including phenoxy) is 1. The fourth-order valence-electron chi connectivity index (χ4n) is 1.52. The molecule has 0 aliphatic carbocycles. The van der Waals surface area contributed by atoms with Gasteiger partial charge in [-0.25, -0.2) is 9.18 Å². The molecule has 0 amide bonds. The lowest BCUT2D eigenvalue weighted by Crippen LogP contribution is -2.27. The Hall–Kier alpha value is -1.63. The molecule has 1 aromatic carbocycles. The van der Waals surface area contributed by atoms with Gasteiger partial charge in [0, 0.05) is 0 Å². The van der Waals surface area contributed by atoms with Crippen molar-refractivity contribution < 1.29 is 32.2 Å². The average Bonchev–Trinajstić information content (AvgIpc) is 2.36. The number of aliphatic hydroxyl groups excluding tert-OH is 1. The number of rotatable bonds is 4. The van der Waals surface area contributed by atoms with E-state index in [4.69, 9.17) is 0 Å². The molecule has 0 aliphatic rings. The lowest BCUT2D eigenvalue weighted by atomic mass is 9.99. The topological polar surface area (TPSA) is 46.5 Å². The molecule has 0 fully saturated rings. The van der Waals surface area contributed by atoms with E-state index in [1.54, 1.807) is 0 Å². The first kappa shape index (κ1) is 15.4. The third-order valence-electron chi connectivity index (χ3n) is 2.37. The van der Waals surface area contributed by atoms with Gasteiger partial charge in [-0.1, -0.05) is 18.2 Å². The Balaban J connectivity index is 3.06. The van der Waals surface area contributed by atoms with Crippen molar-refractivity contribution in [2.45, 2.75) is 25.4 Å². The number of alkyl halides is 4. The van der Waals surface area contributed by atoms with E-state index in [9.17, 15) is 27.5 Å². The van der Waals surface area contributed by atoms with Gasteiger partial charge in [0.1, 0.15) is 6.10 Å². The summed E-state index contributed by atoms with van der Waals surface area (Å²) in [5.41, 5.74) is -1.88. The summed E-state index contributed by atoms with van der Waals surface area (Å²) in [5.74, 6) is -1.40. The summed E-state index contributed by atoms with van der Waals surface area (Å²) in [4.78, 5) is 11.1. The molecule has 0 saturated heterocycles. The van der Waals surface area contributed by atoms with E-state index in [2.05, 4.69) is 4.74 Å². The highest BCUT2D eigenvalue weighted by atomic mass is 19.4. The van der Waals surface area contributed by atoms with Crippen molar-refractivity contribution >= 4 is 5.97 Å². The summed E-state index contributed by atoms with van der Waals surface area (Å²) in [6.07, 6.45) is -9.54. The molecule has 2 unspecified atom stereocenters. The molecule has 106 valence electrons. The maximum Gasteiger partial charge on any atom is 0.416 e. The SMILES string of the molecule is CCOC(=O)C(F)C(O)c1ccccc1C(F)(F)F. The maximum atomic E-state index is 13.5. The predicted molar refractivity (Wildman–Crippen MR) is 57.9 cm³/mol. The van der Waals surface area contributed by atoms with Crippen LogP contribution in [-0.4, -0.2) is 23.9 Å². The lowest BCUT2D eigenvalue weighted by molar-refractivity contribution is -0.155. The van der Waals surface area contributed by atoms with Crippen LogP contribution in [0.5, 0.6) is 0 Å². The van der Waals surface area contributed by atoms with Gasteiger partial charge in [-0.15, -0.1) is 0 Å². The fourth-order valence-corrected chi connectivity index (χ4v) is 1.52. The van der Waals surface area contributed by atoms with Gasteiger partial charge in [0.2, 0.25) is 6.17 Å². The van der Waals surface area contributed by atoms with Crippen LogP contribution in [0.1, 0.15) is 24.2 Å². The number of carbonyl (C=O) groups excluding carboxylic acids is 1. The van der Waals surface area contributed by atoms with Gasteiger partial charge in [0.05, 0.1) is 12.2 Å². The largest absolute Gasteiger partial charge is 0.464 e. The van der Waals surface area contributed by atoms with Crippen molar-refractivity contribution in [1.29, 1.82) is 0 Å². The number of aliphatic hydroxyl groups is 1. The fraction of sp³-hybridized carbons (Fsp3) is 0.417. The van der Waals surface area contributed by atoms with Gasteiger partial charge in [0.15, 0.2) is 0 Å². The Bertz CT molecular complexity index is 445. The zero-order valence-corrected chi connectivity index (χ0v) is 9.95. The lowest BCUT2D eigenvalue weighted by Gasteiger charge is -2.19. The molecular formula is C12H12F4O3. The van der Waals surface area contributed by atoms with Crippen molar-refractivity contribution in [3.05, 3.63) is 35.4 Å². The van der Waals surface area contributed by atoms with Crippen molar-refractivity contribution in [3.63, 3.8) is 0 Å². The molecule has 0 bridgehead atoms. The zero-order chi connectivity index (χ0) is 14.6. The maximum absolute atomic E-state index is 13.5. The average molecular weight is 280 g/mol. The van der Waals surface area contributed by atoms with Crippen LogP contribution < -0.4 is 0 Å². The van der Waals surface area contributed by atoms with Gasteiger partial charge >= 0.3 is 12.1 Å². The van der Waals surface area contributed by atoms with Crippen molar-refractivity contribution in [1.82, 2.24) is 0 Å². The molecule has 2 atom stereocenters. The number of hydrogen-bond donors (Lipinski definition) is 1. The summed E-state index contributed by atoms with van der Waals surface area (Å²) in [5, 5.41) is 9.55. The molecule has 0 heterocycles. The zero-order valence-electron chi connectivity index (χ0n) is 9.95. The van der Waals surface area contributed by atoms with Crippen LogP contribution in [-0.2, 0) is 15.7 Å².